The first-order chi connectivity index (χ1) is 8.66. The Bertz CT molecular complexity index is 586. The van der Waals surface area contributed by atoms with E-state index in [-0.39, 0.29) is 5.78 Å². The fourth-order valence-corrected chi connectivity index (χ4v) is 3.61. The topological polar surface area (TPSA) is 20.3 Å². The van der Waals surface area contributed by atoms with Gasteiger partial charge in [-0.2, -0.15) is 0 Å². The van der Waals surface area contributed by atoms with E-state index in [9.17, 15) is 4.79 Å². The number of hydrogen-bond donors (Lipinski definition) is 0. The van der Waals surface area contributed by atoms with Gasteiger partial charge in [-0.1, -0.05) is 23.9 Å². The molecule has 0 amide bonds. The first-order valence-electron chi connectivity index (χ1n) is 6.13. The number of nitrogens with zero attached hydrogens (tertiary/aromatic N) is 1. The third-order valence-corrected chi connectivity index (χ3v) is 4.65. The van der Waals surface area contributed by atoms with Gasteiger partial charge >= 0.3 is 0 Å². The summed E-state index contributed by atoms with van der Waals surface area (Å²) in [5.41, 5.74) is 3.20. The molecule has 1 heterocycles. The molecule has 3 rings (SSSR count). The minimum Gasteiger partial charge on any atom is -0.343 e. The molecule has 1 aromatic rings. The number of rotatable bonds is 1. The van der Waals surface area contributed by atoms with Crippen LogP contribution in [-0.2, 0) is 0 Å². The Morgan fingerprint density at radius 3 is 3.00 bits per heavy atom. The summed E-state index contributed by atoms with van der Waals surface area (Å²) in [6, 6.07) is 5.98. The Kier molecular flexibility index (Phi) is 2.78. The molecule has 1 aromatic carbocycles. The standard InChI is InChI=1S/C15H15NOS/c1-10(17)11-7-8-15-13(9-11)16(2)12-5-3-4-6-14(12)18-15/h3,5,7-9H,4,6H2,1-2H3. The van der Waals surface area contributed by atoms with E-state index in [2.05, 4.69) is 30.2 Å². The van der Waals surface area contributed by atoms with Crippen LogP contribution in [0.25, 0.3) is 0 Å². The number of fused-ring (bicyclic) bond motifs is 1. The highest BCUT2D eigenvalue weighted by Crippen LogP contribution is 2.46. The van der Waals surface area contributed by atoms with Crippen molar-refractivity contribution in [1.82, 2.24) is 0 Å². The number of carbonyl (C=O) groups is 1. The zero-order chi connectivity index (χ0) is 12.7. The van der Waals surface area contributed by atoms with E-state index < -0.39 is 0 Å². The summed E-state index contributed by atoms with van der Waals surface area (Å²) in [5, 5.41) is 0. The highest BCUT2D eigenvalue weighted by Gasteiger charge is 2.23. The number of hydrogen-bond acceptors (Lipinski definition) is 3. The van der Waals surface area contributed by atoms with E-state index in [0.717, 1.165) is 24.1 Å². The zero-order valence-corrected chi connectivity index (χ0v) is 11.4. The minimum atomic E-state index is 0.121. The first kappa shape index (κ1) is 11.6. The number of carbonyl (C=O) groups excluding carboxylic acids is 1. The largest absolute Gasteiger partial charge is 0.343 e. The lowest BCUT2D eigenvalue weighted by molar-refractivity contribution is 0.101. The predicted molar refractivity (Wildman–Crippen MR) is 76.1 cm³/mol. The minimum absolute atomic E-state index is 0.121. The molecule has 18 heavy (non-hydrogen) atoms. The summed E-state index contributed by atoms with van der Waals surface area (Å²) in [7, 11) is 2.08. The molecule has 0 radical (unpaired) electrons. The van der Waals surface area contributed by atoms with Gasteiger partial charge in [-0.05, 0) is 38.0 Å². The fourth-order valence-electron chi connectivity index (χ4n) is 2.38. The smallest absolute Gasteiger partial charge is 0.159 e. The maximum absolute atomic E-state index is 11.5. The molecule has 0 atom stereocenters. The van der Waals surface area contributed by atoms with Gasteiger partial charge in [-0.3, -0.25) is 4.79 Å². The van der Waals surface area contributed by atoms with Crippen LogP contribution < -0.4 is 4.90 Å². The van der Waals surface area contributed by atoms with Crippen LogP contribution in [0.5, 0.6) is 0 Å². The maximum atomic E-state index is 11.5. The van der Waals surface area contributed by atoms with Gasteiger partial charge in [0.05, 0.1) is 11.4 Å². The summed E-state index contributed by atoms with van der Waals surface area (Å²) in [4.78, 5) is 16.3. The second-order valence-corrected chi connectivity index (χ2v) is 5.79. The highest BCUT2D eigenvalue weighted by molar-refractivity contribution is 8.03. The van der Waals surface area contributed by atoms with Crippen LogP contribution in [0.3, 0.4) is 0 Å². The average molecular weight is 257 g/mol. The Morgan fingerprint density at radius 1 is 1.39 bits per heavy atom. The van der Waals surface area contributed by atoms with E-state index >= 15 is 0 Å². The maximum Gasteiger partial charge on any atom is 0.159 e. The summed E-state index contributed by atoms with van der Waals surface area (Å²) in [6.45, 7) is 1.61. The van der Waals surface area contributed by atoms with E-state index in [1.54, 1.807) is 6.92 Å². The molecule has 0 fully saturated rings. The van der Waals surface area contributed by atoms with E-state index in [4.69, 9.17) is 0 Å². The molecule has 1 aliphatic carbocycles. The molecule has 0 bridgehead atoms. The van der Waals surface area contributed by atoms with Gasteiger partial charge in [-0.15, -0.1) is 0 Å². The van der Waals surface area contributed by atoms with Crippen LogP contribution in [-0.4, -0.2) is 12.8 Å². The van der Waals surface area contributed by atoms with Crippen molar-refractivity contribution in [3.8, 4) is 0 Å². The molecule has 0 saturated heterocycles. The van der Waals surface area contributed by atoms with Crippen molar-refractivity contribution in [3.05, 3.63) is 46.5 Å². The van der Waals surface area contributed by atoms with Crippen molar-refractivity contribution in [2.45, 2.75) is 24.7 Å². The van der Waals surface area contributed by atoms with Gasteiger partial charge < -0.3 is 4.90 Å². The van der Waals surface area contributed by atoms with Crippen molar-refractivity contribution in [2.24, 2.45) is 0 Å². The SMILES string of the molecule is CC(=O)c1ccc2c(c1)N(C)C1=C(CCC=C1)S2. The van der Waals surface area contributed by atoms with Crippen molar-refractivity contribution in [1.29, 1.82) is 0 Å². The molecule has 2 aliphatic rings. The molecule has 0 aromatic heterocycles. The van der Waals surface area contributed by atoms with Crippen molar-refractivity contribution in [3.63, 3.8) is 0 Å². The Morgan fingerprint density at radius 2 is 2.22 bits per heavy atom. The van der Waals surface area contributed by atoms with Crippen molar-refractivity contribution >= 4 is 23.2 Å². The molecule has 0 unspecified atom stereocenters. The molecular formula is C15H15NOS. The predicted octanol–water partition coefficient (Wildman–Crippen LogP) is 3.99. The van der Waals surface area contributed by atoms with Crippen LogP contribution in [0, 0.1) is 0 Å². The molecule has 0 N–H and O–H groups in total. The summed E-state index contributed by atoms with van der Waals surface area (Å²) < 4.78 is 0. The van der Waals surface area contributed by atoms with E-state index in [1.165, 1.54) is 15.5 Å². The number of ketones is 1. The Balaban J connectivity index is 2.08. The second kappa shape index (κ2) is 4.32. The van der Waals surface area contributed by atoms with Crippen molar-refractivity contribution in [2.75, 3.05) is 11.9 Å². The normalized spacial score (nSPS) is 17.6. The number of Topliss-reactive ketones (excluding diaryl/α,β-unsaturated/α-hetero) is 1. The molecular weight excluding hydrogens is 242 g/mol. The number of allylic oxidation sites excluding steroid dienone is 3. The molecule has 92 valence electrons. The van der Waals surface area contributed by atoms with Gasteiger partial charge in [0.1, 0.15) is 0 Å². The van der Waals surface area contributed by atoms with Crippen molar-refractivity contribution < 1.29 is 4.79 Å². The zero-order valence-electron chi connectivity index (χ0n) is 10.6. The summed E-state index contributed by atoms with van der Waals surface area (Å²) >= 11 is 1.84. The Hall–Kier alpha value is -1.48. The van der Waals surface area contributed by atoms with E-state index in [1.807, 2.05) is 23.9 Å². The third kappa shape index (κ3) is 1.79. The number of anilines is 1. The fraction of sp³-hybridized carbons (Fsp3) is 0.267. The molecule has 0 saturated carbocycles. The van der Waals surface area contributed by atoms with Gasteiger partial charge in [-0.25, -0.2) is 0 Å². The summed E-state index contributed by atoms with van der Waals surface area (Å²) in [6.07, 6.45) is 6.65. The van der Waals surface area contributed by atoms with Gasteiger partial charge in [0.2, 0.25) is 0 Å². The lowest BCUT2D eigenvalue weighted by Gasteiger charge is -2.32. The monoisotopic (exact) mass is 257 g/mol. The molecule has 1 aliphatic heterocycles. The third-order valence-electron chi connectivity index (χ3n) is 3.42. The highest BCUT2D eigenvalue weighted by atomic mass is 32.2. The lowest BCUT2D eigenvalue weighted by Crippen LogP contribution is -2.21. The van der Waals surface area contributed by atoms with Gasteiger partial charge in [0.25, 0.3) is 0 Å². The van der Waals surface area contributed by atoms with Crippen LogP contribution in [0.1, 0.15) is 30.1 Å². The molecule has 0 spiro atoms. The second-order valence-electron chi connectivity index (χ2n) is 4.65. The molecule has 3 heteroatoms. The van der Waals surface area contributed by atoms with E-state index in [0.29, 0.717) is 0 Å². The van der Waals surface area contributed by atoms with Crippen LogP contribution in [0.15, 0.2) is 45.8 Å². The van der Waals surface area contributed by atoms with Crippen LogP contribution in [0.2, 0.25) is 0 Å². The quantitative estimate of drug-likeness (QED) is 0.709. The number of likely N-dealkylation sites (N-methyl/N-ethyl adjacent to an activating group) is 1. The van der Waals surface area contributed by atoms with Gasteiger partial charge in [0.15, 0.2) is 5.78 Å². The van der Waals surface area contributed by atoms with Gasteiger partial charge in [0, 0.05) is 22.4 Å². The van der Waals surface area contributed by atoms with Crippen LogP contribution >= 0.6 is 11.8 Å². The average Bonchev–Trinajstić information content (AvgIpc) is 2.38. The number of thioether (sulfide) groups is 1. The number of benzene rings is 1. The first-order valence-corrected chi connectivity index (χ1v) is 6.95. The lowest BCUT2D eigenvalue weighted by atomic mass is 10.1. The Labute approximate surface area is 111 Å². The molecule has 2 nitrogen and oxygen atoms in total. The van der Waals surface area contributed by atoms with Crippen LogP contribution in [0.4, 0.5) is 5.69 Å². The summed E-state index contributed by atoms with van der Waals surface area (Å²) in [5.74, 6) is 0.121.